The minimum absolute atomic E-state index is 0. The Labute approximate surface area is 249 Å². The van der Waals surface area contributed by atoms with Crippen molar-refractivity contribution in [2.75, 3.05) is 26.2 Å². The van der Waals surface area contributed by atoms with Gasteiger partial charge in [0.2, 0.25) is 0 Å². The normalized spacial score (nSPS) is 15.9. The highest BCUT2D eigenvalue weighted by atomic mass is 35.5. The number of halogens is 8. The number of aliphatic imine (C=N–C) groups is 1. The number of fused-ring (bicyclic) bond motifs is 1. The van der Waals surface area contributed by atoms with Crippen LogP contribution in [0.25, 0.3) is 17.0 Å². The first-order valence-corrected chi connectivity index (χ1v) is 12.9. The Morgan fingerprint density at radius 1 is 1.02 bits per heavy atom. The van der Waals surface area contributed by atoms with E-state index in [1.54, 1.807) is 24.3 Å². The zero-order chi connectivity index (χ0) is 28.4. The third-order valence-electron chi connectivity index (χ3n) is 6.19. The van der Waals surface area contributed by atoms with Crippen molar-refractivity contribution in [3.8, 4) is 0 Å². The van der Waals surface area contributed by atoms with E-state index in [1.165, 1.54) is 10.9 Å². The van der Waals surface area contributed by atoms with Gasteiger partial charge in [0, 0.05) is 18.1 Å². The predicted molar refractivity (Wildman–Crippen MR) is 154 cm³/mol. The number of rotatable bonds is 8. The van der Waals surface area contributed by atoms with Crippen LogP contribution in [-0.4, -0.2) is 51.9 Å². The number of likely N-dealkylation sites (N-methyl/N-ethyl adjacent to an activating group) is 1. The number of thioether (sulfide) groups is 1. The SMILES string of the molecule is CCN(CC)CCN=C1NC(=O)S/C1=C\c1ccc2nn(Cc3ccc(C(F)(F)F)cc3C(F)(F)F)cc2c1.Cl.Cl. The van der Waals surface area contributed by atoms with E-state index >= 15 is 0 Å². The Hall–Kier alpha value is -2.74. The first kappa shape index (κ1) is 34.5. The lowest BCUT2D eigenvalue weighted by Crippen LogP contribution is -2.27. The van der Waals surface area contributed by atoms with Crippen LogP contribution >= 0.6 is 36.6 Å². The third-order valence-corrected chi connectivity index (χ3v) is 7.00. The lowest BCUT2D eigenvalue weighted by Gasteiger charge is -2.16. The molecule has 0 atom stereocenters. The molecular formula is C26H27Cl2F6N5OS. The van der Waals surface area contributed by atoms with Crippen LogP contribution in [0.3, 0.4) is 0 Å². The fourth-order valence-electron chi connectivity index (χ4n) is 4.14. The summed E-state index contributed by atoms with van der Waals surface area (Å²) in [7, 11) is 0. The van der Waals surface area contributed by atoms with Crippen molar-refractivity contribution in [2.45, 2.75) is 32.7 Å². The van der Waals surface area contributed by atoms with Gasteiger partial charge in [-0.2, -0.15) is 31.4 Å². The Bertz CT molecular complexity index is 1430. The molecule has 1 fully saturated rings. The molecule has 0 bridgehead atoms. The van der Waals surface area contributed by atoms with Crippen molar-refractivity contribution >= 4 is 64.6 Å². The summed E-state index contributed by atoms with van der Waals surface area (Å²) in [4.78, 5) is 19.4. The third kappa shape index (κ3) is 8.63. The summed E-state index contributed by atoms with van der Waals surface area (Å²) >= 11 is 1.02. The average molecular weight is 642 g/mol. The van der Waals surface area contributed by atoms with Gasteiger partial charge in [0.25, 0.3) is 5.24 Å². The van der Waals surface area contributed by atoms with Gasteiger partial charge in [0.15, 0.2) is 0 Å². The van der Waals surface area contributed by atoms with Crippen molar-refractivity contribution in [1.82, 2.24) is 20.0 Å². The van der Waals surface area contributed by atoms with Crippen LogP contribution in [0.5, 0.6) is 0 Å². The number of amides is 1. The molecule has 1 N–H and O–H groups in total. The quantitative estimate of drug-likeness (QED) is 0.259. The molecule has 0 aliphatic carbocycles. The maximum atomic E-state index is 13.5. The van der Waals surface area contributed by atoms with Crippen LogP contribution in [0.15, 0.2) is 52.5 Å². The van der Waals surface area contributed by atoms with E-state index in [0.717, 1.165) is 43.0 Å². The number of nitrogens with one attached hydrogen (secondary N) is 1. The number of benzene rings is 2. The van der Waals surface area contributed by atoms with Gasteiger partial charge in [-0.1, -0.05) is 26.0 Å². The summed E-state index contributed by atoms with van der Waals surface area (Å²) in [6.07, 6.45) is -6.54. The molecule has 2 heterocycles. The molecule has 41 heavy (non-hydrogen) atoms. The molecule has 0 spiro atoms. The molecule has 1 amide bonds. The fourth-order valence-corrected chi connectivity index (χ4v) is 4.89. The monoisotopic (exact) mass is 641 g/mol. The summed E-state index contributed by atoms with van der Waals surface area (Å²) in [5, 5.41) is 7.40. The highest BCUT2D eigenvalue weighted by Gasteiger charge is 2.38. The Morgan fingerprint density at radius 2 is 1.73 bits per heavy atom. The molecule has 1 aliphatic heterocycles. The zero-order valence-electron chi connectivity index (χ0n) is 21.8. The van der Waals surface area contributed by atoms with Crippen LogP contribution in [0.1, 0.15) is 36.1 Å². The van der Waals surface area contributed by atoms with Crippen LogP contribution < -0.4 is 5.32 Å². The molecule has 2 aromatic carbocycles. The number of amidine groups is 1. The predicted octanol–water partition coefficient (Wildman–Crippen LogP) is 7.50. The molecule has 1 saturated heterocycles. The van der Waals surface area contributed by atoms with Crippen molar-refractivity contribution in [3.63, 3.8) is 0 Å². The minimum Gasteiger partial charge on any atom is -0.302 e. The standard InChI is InChI=1S/C26H25F6N5OS.2ClH/c1-3-36(4-2)10-9-33-23-22(39-24(38)34-23)12-16-5-8-21-18(11-16)15-37(35-21)14-17-6-7-19(25(27,28)29)13-20(17)26(30,31)32;;/h5-8,11-13,15H,3-4,9-10,14H2,1-2H3,(H,33,34,38);2*1H/b22-12-;;. The van der Waals surface area contributed by atoms with Gasteiger partial charge in [-0.15, -0.1) is 24.8 Å². The van der Waals surface area contributed by atoms with E-state index in [-0.39, 0.29) is 48.2 Å². The van der Waals surface area contributed by atoms with E-state index in [4.69, 9.17) is 0 Å². The number of carbonyl (C=O) groups is 1. The van der Waals surface area contributed by atoms with Crippen molar-refractivity contribution in [2.24, 2.45) is 4.99 Å². The zero-order valence-corrected chi connectivity index (χ0v) is 24.3. The van der Waals surface area contributed by atoms with Crippen molar-refractivity contribution in [1.29, 1.82) is 0 Å². The summed E-state index contributed by atoms with van der Waals surface area (Å²) in [6, 6.07) is 6.79. The number of nitrogens with zero attached hydrogens (tertiary/aromatic N) is 4. The molecule has 0 unspecified atom stereocenters. The molecule has 15 heteroatoms. The maximum Gasteiger partial charge on any atom is 0.416 e. The first-order chi connectivity index (χ1) is 18.4. The van der Waals surface area contributed by atoms with E-state index < -0.39 is 23.5 Å². The minimum atomic E-state index is -4.96. The smallest absolute Gasteiger partial charge is 0.302 e. The summed E-state index contributed by atoms with van der Waals surface area (Å²) in [5.74, 6) is 0.481. The molecule has 224 valence electrons. The maximum absolute atomic E-state index is 13.5. The van der Waals surface area contributed by atoms with Crippen LogP contribution in [-0.2, 0) is 18.9 Å². The molecule has 4 rings (SSSR count). The van der Waals surface area contributed by atoms with Gasteiger partial charge in [0.1, 0.15) is 5.84 Å². The highest BCUT2D eigenvalue weighted by Crippen LogP contribution is 2.37. The van der Waals surface area contributed by atoms with Gasteiger partial charge in [-0.05, 0) is 66.3 Å². The lowest BCUT2D eigenvalue weighted by molar-refractivity contribution is -0.143. The van der Waals surface area contributed by atoms with Crippen LogP contribution in [0, 0.1) is 0 Å². The Kier molecular flexibility index (Phi) is 11.7. The molecular weight excluding hydrogens is 615 g/mol. The second-order valence-electron chi connectivity index (χ2n) is 8.79. The van der Waals surface area contributed by atoms with E-state index in [2.05, 4.69) is 34.2 Å². The molecule has 1 aliphatic rings. The molecule has 1 aromatic heterocycles. The van der Waals surface area contributed by atoms with Crippen molar-refractivity contribution in [3.05, 3.63) is 69.8 Å². The molecule has 0 saturated carbocycles. The second-order valence-corrected chi connectivity index (χ2v) is 9.81. The Balaban J connectivity index is 0.00000294. The fraction of sp³-hybridized carbons (Fsp3) is 0.346. The molecule has 6 nitrogen and oxygen atoms in total. The number of hydrogen-bond donors (Lipinski definition) is 1. The van der Waals surface area contributed by atoms with Gasteiger partial charge < -0.3 is 10.2 Å². The summed E-state index contributed by atoms with van der Waals surface area (Å²) in [5.41, 5.74) is -1.83. The molecule has 3 aromatic rings. The number of carbonyl (C=O) groups excluding carboxylic acids is 1. The number of alkyl halides is 6. The van der Waals surface area contributed by atoms with Gasteiger partial charge in [0.05, 0.1) is 34.6 Å². The number of hydrogen-bond acceptors (Lipinski definition) is 5. The van der Waals surface area contributed by atoms with Crippen molar-refractivity contribution < 1.29 is 31.1 Å². The van der Waals surface area contributed by atoms with E-state index in [0.29, 0.717) is 34.3 Å². The molecule has 0 radical (unpaired) electrons. The first-order valence-electron chi connectivity index (χ1n) is 12.1. The topological polar surface area (TPSA) is 62.5 Å². The second kappa shape index (κ2) is 14.0. The largest absolute Gasteiger partial charge is 0.416 e. The Morgan fingerprint density at radius 3 is 2.37 bits per heavy atom. The van der Waals surface area contributed by atoms with Crippen LogP contribution in [0.2, 0.25) is 0 Å². The average Bonchev–Trinajstić information content (AvgIpc) is 3.42. The van der Waals surface area contributed by atoms with Crippen LogP contribution in [0.4, 0.5) is 31.1 Å². The van der Waals surface area contributed by atoms with Gasteiger partial charge in [-0.25, -0.2) is 0 Å². The lowest BCUT2D eigenvalue weighted by atomic mass is 10.0. The highest BCUT2D eigenvalue weighted by molar-refractivity contribution is 8.18. The summed E-state index contributed by atoms with van der Waals surface area (Å²) < 4.78 is 80.8. The summed E-state index contributed by atoms with van der Waals surface area (Å²) in [6.45, 7) is 6.83. The van der Waals surface area contributed by atoms with Gasteiger partial charge >= 0.3 is 12.4 Å². The van der Waals surface area contributed by atoms with Gasteiger partial charge in [-0.3, -0.25) is 14.5 Å². The van der Waals surface area contributed by atoms with E-state index in [9.17, 15) is 31.1 Å². The number of aromatic nitrogens is 2. The van der Waals surface area contributed by atoms with E-state index in [1.807, 2.05) is 0 Å².